The quantitative estimate of drug-likeness (QED) is 0.729. The summed E-state index contributed by atoms with van der Waals surface area (Å²) in [5, 5.41) is 0. The number of nitrogens with one attached hydrogen (secondary N) is 1. The average molecular weight is 426 g/mol. The van der Waals surface area contributed by atoms with Crippen LogP contribution in [0.2, 0.25) is 0 Å². The summed E-state index contributed by atoms with van der Waals surface area (Å²) in [6, 6.07) is 18.2. The van der Waals surface area contributed by atoms with Crippen molar-refractivity contribution in [3.05, 3.63) is 65.7 Å². The predicted molar refractivity (Wildman–Crippen MR) is 123 cm³/mol. The fourth-order valence-corrected chi connectivity index (χ4v) is 5.49. The standard InChI is InChI=1S/C24H31N3O2S/c1-2-19-30(29)25-22-11-9-20(10-12-22)23(28)26-15-17-27(18-16-26)24(13-6-14-24)21-7-4-3-5-8-21/h3-5,7-12,25H,2,6,13-19H2,1H3. The second-order valence-electron chi connectivity index (χ2n) is 8.26. The molecule has 0 aromatic heterocycles. The second kappa shape index (κ2) is 9.31. The van der Waals surface area contributed by atoms with E-state index in [2.05, 4.69) is 40.0 Å². The molecule has 2 aromatic rings. The first-order chi connectivity index (χ1) is 14.6. The van der Waals surface area contributed by atoms with Crippen LogP contribution in [0.3, 0.4) is 0 Å². The zero-order valence-corrected chi connectivity index (χ0v) is 18.5. The summed E-state index contributed by atoms with van der Waals surface area (Å²) in [6.45, 7) is 5.35. The second-order valence-corrected chi connectivity index (χ2v) is 9.56. The summed E-state index contributed by atoms with van der Waals surface area (Å²) in [6.07, 6.45) is 4.56. The molecule has 0 radical (unpaired) electrons. The van der Waals surface area contributed by atoms with E-state index in [-0.39, 0.29) is 11.4 Å². The van der Waals surface area contributed by atoms with Gasteiger partial charge in [-0.3, -0.25) is 9.69 Å². The maximum atomic E-state index is 13.0. The topological polar surface area (TPSA) is 52.7 Å². The molecule has 1 heterocycles. The molecule has 1 saturated heterocycles. The van der Waals surface area contributed by atoms with Gasteiger partial charge in [-0.1, -0.05) is 37.3 Å². The third-order valence-corrected chi connectivity index (χ3v) is 7.66. The van der Waals surface area contributed by atoms with Crippen molar-refractivity contribution in [3.63, 3.8) is 0 Å². The first-order valence-electron chi connectivity index (χ1n) is 11.0. The Kier molecular flexibility index (Phi) is 6.54. The van der Waals surface area contributed by atoms with Gasteiger partial charge in [0.15, 0.2) is 0 Å². The molecule has 1 N–H and O–H groups in total. The van der Waals surface area contributed by atoms with Crippen molar-refractivity contribution in [2.24, 2.45) is 0 Å². The maximum Gasteiger partial charge on any atom is 0.253 e. The summed E-state index contributed by atoms with van der Waals surface area (Å²) in [7, 11) is -1.07. The van der Waals surface area contributed by atoms with Crippen LogP contribution >= 0.6 is 0 Å². The number of anilines is 1. The number of carbonyl (C=O) groups is 1. The number of amides is 1. The molecule has 1 aliphatic heterocycles. The molecule has 0 bridgehead atoms. The number of carbonyl (C=O) groups excluding carboxylic acids is 1. The number of nitrogens with zero attached hydrogens (tertiary/aromatic N) is 2. The molecule has 1 unspecified atom stereocenters. The minimum absolute atomic E-state index is 0.0817. The molecule has 2 aromatic carbocycles. The van der Waals surface area contributed by atoms with Crippen LogP contribution in [0.25, 0.3) is 0 Å². The zero-order valence-electron chi connectivity index (χ0n) is 17.7. The van der Waals surface area contributed by atoms with E-state index in [9.17, 15) is 9.00 Å². The van der Waals surface area contributed by atoms with Crippen LogP contribution in [-0.4, -0.2) is 51.8 Å². The number of hydrogen-bond acceptors (Lipinski definition) is 3. The van der Waals surface area contributed by atoms with Gasteiger partial charge in [0.1, 0.15) is 11.0 Å². The molecule has 0 spiro atoms. The van der Waals surface area contributed by atoms with Crippen LogP contribution in [0.15, 0.2) is 54.6 Å². The van der Waals surface area contributed by atoms with E-state index < -0.39 is 11.0 Å². The maximum absolute atomic E-state index is 13.0. The minimum Gasteiger partial charge on any atom is -0.336 e. The molecule has 1 atom stereocenters. The Morgan fingerprint density at radius 3 is 2.23 bits per heavy atom. The van der Waals surface area contributed by atoms with E-state index >= 15 is 0 Å². The Bertz CT molecular complexity index is 873. The van der Waals surface area contributed by atoms with Gasteiger partial charge in [-0.2, -0.15) is 0 Å². The number of benzene rings is 2. The van der Waals surface area contributed by atoms with Crippen molar-refractivity contribution in [1.82, 2.24) is 9.80 Å². The van der Waals surface area contributed by atoms with E-state index in [1.807, 2.05) is 36.1 Å². The van der Waals surface area contributed by atoms with Crippen LogP contribution in [0.5, 0.6) is 0 Å². The van der Waals surface area contributed by atoms with Crippen molar-refractivity contribution in [2.45, 2.75) is 38.1 Å². The van der Waals surface area contributed by atoms with Crippen LogP contribution < -0.4 is 4.72 Å². The van der Waals surface area contributed by atoms with Gasteiger partial charge in [-0.15, -0.1) is 0 Å². The molecule has 2 fully saturated rings. The normalized spacial score (nSPS) is 19.7. The first kappa shape index (κ1) is 21.1. The first-order valence-corrected chi connectivity index (χ1v) is 12.3. The summed E-state index contributed by atoms with van der Waals surface area (Å²) < 4.78 is 14.8. The Morgan fingerprint density at radius 2 is 1.67 bits per heavy atom. The molecule has 2 aliphatic rings. The van der Waals surface area contributed by atoms with Crippen LogP contribution in [0.1, 0.15) is 48.5 Å². The lowest BCUT2D eigenvalue weighted by atomic mass is 9.70. The van der Waals surface area contributed by atoms with Gasteiger partial charge in [-0.05, 0) is 55.5 Å². The largest absolute Gasteiger partial charge is 0.336 e. The molecule has 1 aliphatic carbocycles. The summed E-state index contributed by atoms with van der Waals surface area (Å²) in [5.74, 6) is 0.702. The van der Waals surface area contributed by atoms with Gasteiger partial charge < -0.3 is 9.62 Å². The van der Waals surface area contributed by atoms with E-state index in [1.165, 1.54) is 24.8 Å². The highest BCUT2D eigenvalue weighted by molar-refractivity contribution is 7.86. The number of rotatable bonds is 7. The van der Waals surface area contributed by atoms with Gasteiger partial charge in [0, 0.05) is 48.7 Å². The van der Waals surface area contributed by atoms with Crippen LogP contribution in [0, 0.1) is 0 Å². The lowest BCUT2D eigenvalue weighted by Crippen LogP contribution is -2.59. The van der Waals surface area contributed by atoms with Crippen molar-refractivity contribution in [2.75, 3.05) is 36.7 Å². The summed E-state index contributed by atoms with van der Waals surface area (Å²) >= 11 is 0. The van der Waals surface area contributed by atoms with Gasteiger partial charge in [0.2, 0.25) is 0 Å². The molecule has 1 saturated carbocycles. The van der Waals surface area contributed by atoms with Crippen molar-refractivity contribution in [3.8, 4) is 0 Å². The van der Waals surface area contributed by atoms with Crippen molar-refractivity contribution >= 4 is 22.6 Å². The third-order valence-electron chi connectivity index (χ3n) is 6.42. The number of piperazine rings is 1. The fourth-order valence-electron chi connectivity index (χ4n) is 4.62. The molecule has 1 amide bonds. The van der Waals surface area contributed by atoms with Crippen molar-refractivity contribution < 1.29 is 9.00 Å². The molecule has 4 rings (SSSR count). The fraction of sp³-hybridized carbons (Fsp3) is 0.458. The summed E-state index contributed by atoms with van der Waals surface area (Å²) in [4.78, 5) is 17.5. The summed E-state index contributed by atoms with van der Waals surface area (Å²) in [5.41, 5.74) is 3.06. The smallest absolute Gasteiger partial charge is 0.253 e. The Labute approximate surface area is 182 Å². The van der Waals surface area contributed by atoms with Gasteiger partial charge in [0.05, 0.1) is 0 Å². The Morgan fingerprint density at radius 1 is 1.00 bits per heavy atom. The molecular formula is C24H31N3O2S. The highest BCUT2D eigenvalue weighted by Crippen LogP contribution is 2.46. The van der Waals surface area contributed by atoms with E-state index in [1.54, 1.807) is 0 Å². The number of hydrogen-bond donors (Lipinski definition) is 1. The average Bonchev–Trinajstić information content (AvgIpc) is 2.74. The van der Waals surface area contributed by atoms with E-state index in [0.29, 0.717) is 11.3 Å². The van der Waals surface area contributed by atoms with Crippen LogP contribution in [-0.2, 0) is 16.5 Å². The van der Waals surface area contributed by atoms with Gasteiger partial charge in [0.25, 0.3) is 5.91 Å². The van der Waals surface area contributed by atoms with Crippen molar-refractivity contribution in [1.29, 1.82) is 0 Å². The lowest BCUT2D eigenvalue weighted by Gasteiger charge is -2.53. The van der Waals surface area contributed by atoms with E-state index in [0.717, 1.165) is 38.3 Å². The lowest BCUT2D eigenvalue weighted by molar-refractivity contribution is -0.0192. The van der Waals surface area contributed by atoms with Gasteiger partial charge >= 0.3 is 0 Å². The highest BCUT2D eigenvalue weighted by Gasteiger charge is 2.44. The molecule has 5 nitrogen and oxygen atoms in total. The Hall–Kier alpha value is -2.18. The van der Waals surface area contributed by atoms with Crippen LogP contribution in [0.4, 0.5) is 5.69 Å². The monoisotopic (exact) mass is 425 g/mol. The third kappa shape index (κ3) is 4.30. The zero-order chi connectivity index (χ0) is 21.0. The minimum atomic E-state index is -1.07. The molecule has 30 heavy (non-hydrogen) atoms. The highest BCUT2D eigenvalue weighted by atomic mass is 32.2. The van der Waals surface area contributed by atoms with E-state index in [4.69, 9.17) is 0 Å². The molecule has 6 heteroatoms. The molecule has 160 valence electrons. The molecular weight excluding hydrogens is 394 g/mol. The SMILES string of the molecule is CCCS(=O)Nc1ccc(C(=O)N2CCN(C3(c4ccccc4)CCC3)CC2)cc1. The predicted octanol–water partition coefficient (Wildman–Crippen LogP) is 4.01. The van der Waals surface area contributed by atoms with Gasteiger partial charge in [-0.25, -0.2) is 4.21 Å². The Balaban J connectivity index is 1.36.